The molecule has 26 heavy (non-hydrogen) atoms. The summed E-state index contributed by atoms with van der Waals surface area (Å²) in [4.78, 5) is 8.52. The van der Waals surface area contributed by atoms with Crippen molar-refractivity contribution in [3.63, 3.8) is 0 Å². The number of aliphatic hydroxyl groups is 1. The van der Waals surface area contributed by atoms with E-state index in [0.717, 1.165) is 5.56 Å². The molecule has 3 heterocycles. The molecule has 0 saturated carbocycles. The molecule has 0 spiro atoms. The van der Waals surface area contributed by atoms with Crippen LogP contribution in [0.5, 0.6) is 11.6 Å². The third-order valence-corrected chi connectivity index (χ3v) is 4.53. The van der Waals surface area contributed by atoms with Gasteiger partial charge in [0, 0.05) is 17.0 Å². The summed E-state index contributed by atoms with van der Waals surface area (Å²) in [5.74, 6) is -0.149. The van der Waals surface area contributed by atoms with Crippen molar-refractivity contribution in [2.24, 2.45) is 4.99 Å². The maximum absolute atomic E-state index is 14.8. The third kappa shape index (κ3) is 2.55. The fourth-order valence-electron chi connectivity index (χ4n) is 3.33. The van der Waals surface area contributed by atoms with E-state index in [1.807, 2.05) is 13.8 Å². The molecule has 1 N–H and O–H groups in total. The summed E-state index contributed by atoms with van der Waals surface area (Å²) in [5.41, 5.74) is 1.04. The van der Waals surface area contributed by atoms with Crippen LogP contribution in [-0.2, 0) is 5.60 Å². The Kier molecular flexibility index (Phi) is 3.59. The minimum atomic E-state index is -1.04. The lowest BCUT2D eigenvalue weighted by Crippen LogP contribution is -2.25. The van der Waals surface area contributed by atoms with Gasteiger partial charge in [0.1, 0.15) is 11.8 Å². The molecule has 7 heteroatoms. The number of halogens is 1. The van der Waals surface area contributed by atoms with Gasteiger partial charge in [0.2, 0.25) is 5.88 Å². The van der Waals surface area contributed by atoms with E-state index >= 15 is 0 Å². The highest BCUT2D eigenvalue weighted by molar-refractivity contribution is 5.66. The van der Waals surface area contributed by atoms with Crippen LogP contribution in [0.25, 0.3) is 11.6 Å². The van der Waals surface area contributed by atoms with Crippen LogP contribution in [0.2, 0.25) is 0 Å². The summed E-state index contributed by atoms with van der Waals surface area (Å²) in [6, 6.07) is 3.24. The van der Waals surface area contributed by atoms with Gasteiger partial charge in [-0.2, -0.15) is 10.1 Å². The molecular formula is C19H19FN4O2. The number of hydrogen-bond acceptors (Lipinski definition) is 5. The van der Waals surface area contributed by atoms with Crippen LogP contribution in [0.3, 0.4) is 0 Å². The van der Waals surface area contributed by atoms with Crippen molar-refractivity contribution >= 4 is 11.6 Å². The minimum absolute atomic E-state index is 0.0530. The van der Waals surface area contributed by atoms with Crippen molar-refractivity contribution in [2.45, 2.75) is 39.3 Å². The lowest BCUT2D eigenvalue weighted by Gasteiger charge is -2.16. The van der Waals surface area contributed by atoms with Crippen molar-refractivity contribution < 1.29 is 14.2 Å². The molecule has 6 nitrogen and oxygen atoms in total. The molecule has 0 fully saturated rings. The second kappa shape index (κ2) is 5.60. The SMILES string of the molecule is Cc1c(C(C)(C)O)cn2ncnc(Oc3ccc4c(c3F)=CC(C)N=4)c12. The fourth-order valence-corrected chi connectivity index (χ4v) is 3.33. The summed E-state index contributed by atoms with van der Waals surface area (Å²) < 4.78 is 22.2. The van der Waals surface area contributed by atoms with Gasteiger partial charge in [-0.05, 0) is 51.5 Å². The quantitative estimate of drug-likeness (QED) is 0.781. The first kappa shape index (κ1) is 16.7. The van der Waals surface area contributed by atoms with Gasteiger partial charge in [0.15, 0.2) is 11.6 Å². The molecule has 1 aromatic carbocycles. The van der Waals surface area contributed by atoms with Crippen molar-refractivity contribution in [3.8, 4) is 11.6 Å². The fraction of sp³-hybridized carbons (Fsp3) is 0.316. The van der Waals surface area contributed by atoms with E-state index in [2.05, 4.69) is 15.1 Å². The molecule has 0 saturated heterocycles. The van der Waals surface area contributed by atoms with Crippen molar-refractivity contribution in [1.29, 1.82) is 0 Å². The molecule has 0 aliphatic carbocycles. The molecule has 0 amide bonds. The van der Waals surface area contributed by atoms with Crippen LogP contribution in [0.15, 0.2) is 29.6 Å². The Bertz CT molecular complexity index is 1150. The molecule has 1 aliphatic rings. The van der Waals surface area contributed by atoms with Gasteiger partial charge >= 0.3 is 0 Å². The highest BCUT2D eigenvalue weighted by Crippen LogP contribution is 2.32. The Morgan fingerprint density at radius 1 is 1.31 bits per heavy atom. The second-order valence-corrected chi connectivity index (χ2v) is 7.03. The summed E-state index contributed by atoms with van der Waals surface area (Å²) in [5, 5.41) is 15.6. The second-order valence-electron chi connectivity index (χ2n) is 7.03. The normalized spacial score (nSPS) is 16.3. The Morgan fingerprint density at radius 2 is 2.08 bits per heavy atom. The topological polar surface area (TPSA) is 72.0 Å². The van der Waals surface area contributed by atoms with Crippen LogP contribution in [0.4, 0.5) is 4.39 Å². The standard InChI is InChI=1S/C19H19FN4O2/c1-10-7-12-14(23-10)5-6-15(16(12)20)26-18-17-11(2)13(19(3,4)25)8-24(17)22-9-21-18/h5-10,25H,1-4H3. The summed E-state index contributed by atoms with van der Waals surface area (Å²) >= 11 is 0. The van der Waals surface area contributed by atoms with Crippen molar-refractivity contribution in [3.05, 3.63) is 52.2 Å². The molecule has 134 valence electrons. The Morgan fingerprint density at radius 3 is 2.81 bits per heavy atom. The van der Waals surface area contributed by atoms with E-state index in [0.29, 0.717) is 21.7 Å². The Balaban J connectivity index is 1.85. The predicted molar refractivity (Wildman–Crippen MR) is 94.2 cm³/mol. The first-order valence-corrected chi connectivity index (χ1v) is 8.37. The minimum Gasteiger partial charge on any atom is -0.434 e. The van der Waals surface area contributed by atoms with Crippen LogP contribution in [0.1, 0.15) is 31.9 Å². The van der Waals surface area contributed by atoms with Gasteiger partial charge in [-0.15, -0.1) is 0 Å². The van der Waals surface area contributed by atoms with E-state index in [-0.39, 0.29) is 17.7 Å². The largest absolute Gasteiger partial charge is 0.434 e. The number of nitrogens with zero attached hydrogens (tertiary/aromatic N) is 4. The number of ether oxygens (including phenoxy) is 1. The monoisotopic (exact) mass is 354 g/mol. The predicted octanol–water partition coefficient (Wildman–Crippen LogP) is 2.00. The smallest absolute Gasteiger partial charge is 0.247 e. The molecule has 3 aromatic rings. The number of benzene rings is 1. The van der Waals surface area contributed by atoms with E-state index in [1.54, 1.807) is 42.8 Å². The molecule has 0 radical (unpaired) electrons. The molecule has 1 atom stereocenters. The van der Waals surface area contributed by atoms with Gasteiger partial charge in [-0.1, -0.05) is 0 Å². The number of hydrogen-bond donors (Lipinski definition) is 1. The lowest BCUT2D eigenvalue weighted by molar-refractivity contribution is 0.0780. The average molecular weight is 354 g/mol. The van der Waals surface area contributed by atoms with Gasteiger partial charge < -0.3 is 9.84 Å². The number of fused-ring (bicyclic) bond motifs is 2. The van der Waals surface area contributed by atoms with Gasteiger partial charge in [-0.3, -0.25) is 4.99 Å². The molecule has 4 rings (SSSR count). The first-order chi connectivity index (χ1) is 12.3. The van der Waals surface area contributed by atoms with Crippen LogP contribution in [-0.4, -0.2) is 25.7 Å². The van der Waals surface area contributed by atoms with Crippen LogP contribution < -0.4 is 15.3 Å². The summed E-state index contributed by atoms with van der Waals surface area (Å²) in [7, 11) is 0. The van der Waals surface area contributed by atoms with Gasteiger partial charge in [0.25, 0.3) is 0 Å². The summed E-state index contributed by atoms with van der Waals surface area (Å²) in [6.45, 7) is 7.15. The van der Waals surface area contributed by atoms with Crippen LogP contribution >= 0.6 is 0 Å². The maximum atomic E-state index is 14.8. The van der Waals surface area contributed by atoms with E-state index in [1.165, 1.54) is 6.33 Å². The van der Waals surface area contributed by atoms with E-state index in [4.69, 9.17) is 4.74 Å². The van der Waals surface area contributed by atoms with E-state index in [9.17, 15) is 9.50 Å². The number of aromatic nitrogens is 3. The van der Waals surface area contributed by atoms with E-state index < -0.39 is 11.4 Å². The molecule has 2 aromatic heterocycles. The first-order valence-electron chi connectivity index (χ1n) is 8.37. The van der Waals surface area contributed by atoms with Crippen molar-refractivity contribution in [2.75, 3.05) is 0 Å². The Labute approximate surface area is 149 Å². The molecule has 0 bridgehead atoms. The zero-order chi connectivity index (χ0) is 18.6. The van der Waals surface area contributed by atoms with Gasteiger partial charge in [-0.25, -0.2) is 8.91 Å². The highest BCUT2D eigenvalue weighted by Gasteiger charge is 2.25. The lowest BCUT2D eigenvalue weighted by atomic mass is 9.98. The highest BCUT2D eigenvalue weighted by atomic mass is 19.1. The van der Waals surface area contributed by atoms with Crippen LogP contribution in [0, 0.1) is 12.7 Å². The maximum Gasteiger partial charge on any atom is 0.247 e. The molecule has 1 aliphatic heterocycles. The molecule has 1 unspecified atom stereocenters. The zero-order valence-electron chi connectivity index (χ0n) is 15.0. The number of rotatable bonds is 3. The Hall–Kier alpha value is -2.80. The molecular weight excluding hydrogens is 335 g/mol. The number of aryl methyl sites for hydroxylation is 1. The zero-order valence-corrected chi connectivity index (χ0v) is 15.0. The summed E-state index contributed by atoms with van der Waals surface area (Å²) in [6.07, 6.45) is 4.83. The third-order valence-electron chi connectivity index (χ3n) is 4.53. The van der Waals surface area contributed by atoms with Crippen molar-refractivity contribution in [1.82, 2.24) is 14.6 Å². The van der Waals surface area contributed by atoms with Gasteiger partial charge in [0.05, 0.1) is 17.0 Å². The average Bonchev–Trinajstić information content (AvgIpc) is 3.11.